The number of ether oxygens (including phenoxy) is 1. The van der Waals surface area contributed by atoms with Crippen molar-refractivity contribution in [2.45, 2.75) is 44.1 Å². The maximum atomic E-state index is 13.8. The number of alkyl halides is 3. The first-order chi connectivity index (χ1) is 19.7. The fourth-order valence-corrected chi connectivity index (χ4v) is 5.88. The van der Waals surface area contributed by atoms with Crippen LogP contribution in [0.1, 0.15) is 29.7 Å². The van der Waals surface area contributed by atoms with E-state index >= 15 is 0 Å². The number of amides is 1. The van der Waals surface area contributed by atoms with E-state index in [1.54, 1.807) is 9.80 Å². The fraction of sp³-hybridized carbons (Fsp3) is 0.536. The molecule has 218 valence electrons. The molecular weight excluding hydrogens is 537 g/mol. The van der Waals surface area contributed by atoms with Crippen molar-refractivity contribution in [1.29, 1.82) is 0 Å². The normalized spacial score (nSPS) is 21.4. The van der Waals surface area contributed by atoms with E-state index in [-0.39, 0.29) is 42.8 Å². The molecule has 0 radical (unpaired) electrons. The number of likely N-dealkylation sites (tertiary alicyclic amines) is 1. The van der Waals surface area contributed by atoms with Gasteiger partial charge in [0.05, 0.1) is 23.5 Å². The van der Waals surface area contributed by atoms with E-state index in [1.807, 2.05) is 11.9 Å². The molecule has 3 aliphatic rings. The summed E-state index contributed by atoms with van der Waals surface area (Å²) in [5.41, 5.74) is 0.719. The summed E-state index contributed by atoms with van der Waals surface area (Å²) in [6, 6.07) is 1.45. The zero-order valence-electron chi connectivity index (χ0n) is 23.0. The van der Waals surface area contributed by atoms with Gasteiger partial charge in [0, 0.05) is 50.2 Å². The zero-order chi connectivity index (χ0) is 29.1. The van der Waals surface area contributed by atoms with Gasteiger partial charge in [0.15, 0.2) is 0 Å². The minimum Gasteiger partial charge on any atom is -0.462 e. The van der Waals surface area contributed by atoms with Crippen LogP contribution < -0.4 is 14.5 Å². The molecule has 0 saturated carbocycles. The second-order valence-corrected chi connectivity index (χ2v) is 10.6. The third kappa shape index (κ3) is 6.07. The molecule has 0 aromatic carbocycles. The standard InChI is InChI=1S/C28H33F3N8O2/c1-4-25(40)39-13-12-38(16-20(39)14-32-2)26-21-8-11-37(24-7-9-33-15-22(24)28(29,30)31)17-23(21)34-27(35-26)41-18-19-6-5-10-36(19)3/h4,7,9,15,19-20H,1,5-6,8,10-14,16-18H2,3H3/t19-,20-/m0/s1. The summed E-state index contributed by atoms with van der Waals surface area (Å²) < 4.78 is 47.5. The highest BCUT2D eigenvalue weighted by atomic mass is 19.4. The monoisotopic (exact) mass is 570 g/mol. The molecule has 2 saturated heterocycles. The second-order valence-electron chi connectivity index (χ2n) is 10.6. The molecule has 0 aliphatic carbocycles. The molecule has 5 rings (SSSR count). The van der Waals surface area contributed by atoms with Gasteiger partial charge in [-0.25, -0.2) is 6.57 Å². The predicted octanol–water partition coefficient (Wildman–Crippen LogP) is 3.05. The van der Waals surface area contributed by atoms with E-state index in [0.29, 0.717) is 50.7 Å². The molecule has 0 spiro atoms. The highest BCUT2D eigenvalue weighted by Gasteiger charge is 2.38. The van der Waals surface area contributed by atoms with E-state index < -0.39 is 11.7 Å². The van der Waals surface area contributed by atoms with Crippen molar-refractivity contribution in [3.05, 3.63) is 59.4 Å². The Balaban J connectivity index is 1.47. The first kappa shape index (κ1) is 28.6. The summed E-state index contributed by atoms with van der Waals surface area (Å²) in [5, 5.41) is 0. The summed E-state index contributed by atoms with van der Waals surface area (Å²) >= 11 is 0. The number of nitrogens with zero attached hydrogens (tertiary/aromatic N) is 8. The van der Waals surface area contributed by atoms with Crippen LogP contribution in [-0.2, 0) is 23.9 Å². The van der Waals surface area contributed by atoms with Crippen molar-refractivity contribution < 1.29 is 22.7 Å². The summed E-state index contributed by atoms with van der Waals surface area (Å²) in [4.78, 5) is 36.8. The van der Waals surface area contributed by atoms with Crippen molar-refractivity contribution in [1.82, 2.24) is 24.8 Å². The molecule has 0 N–H and O–H groups in total. The molecule has 0 unspecified atom stereocenters. The van der Waals surface area contributed by atoms with Gasteiger partial charge in [0.25, 0.3) is 0 Å². The number of anilines is 2. The van der Waals surface area contributed by atoms with Crippen molar-refractivity contribution in [2.75, 3.05) is 62.7 Å². The number of fused-ring (bicyclic) bond motifs is 1. The first-order valence-electron chi connectivity index (χ1n) is 13.7. The molecular formula is C28H33F3N8O2. The number of halogens is 3. The summed E-state index contributed by atoms with van der Waals surface area (Å²) in [6.45, 7) is 14.3. The van der Waals surface area contributed by atoms with Gasteiger partial charge in [-0.3, -0.25) is 9.78 Å². The maximum absolute atomic E-state index is 13.8. The lowest BCUT2D eigenvalue weighted by molar-refractivity contribution is -0.137. The zero-order valence-corrected chi connectivity index (χ0v) is 23.0. The Kier molecular flexibility index (Phi) is 8.30. The van der Waals surface area contributed by atoms with Crippen LogP contribution in [0, 0.1) is 6.57 Å². The van der Waals surface area contributed by atoms with Crippen molar-refractivity contribution in [3.8, 4) is 6.01 Å². The van der Waals surface area contributed by atoms with Gasteiger partial charge in [-0.2, -0.15) is 23.1 Å². The van der Waals surface area contributed by atoms with E-state index in [2.05, 4.69) is 21.3 Å². The lowest BCUT2D eigenvalue weighted by atomic mass is 10.0. The number of likely N-dealkylation sites (N-methyl/N-ethyl adjacent to an activating group) is 1. The molecule has 5 heterocycles. The predicted molar refractivity (Wildman–Crippen MR) is 147 cm³/mol. The molecule has 2 aromatic rings. The van der Waals surface area contributed by atoms with Gasteiger partial charge in [0.2, 0.25) is 12.5 Å². The molecule has 2 fully saturated rings. The summed E-state index contributed by atoms with van der Waals surface area (Å²) in [6.07, 6.45) is 1.44. The molecule has 0 bridgehead atoms. The van der Waals surface area contributed by atoms with E-state index in [0.717, 1.165) is 31.1 Å². The summed E-state index contributed by atoms with van der Waals surface area (Å²) in [5.74, 6) is 0.428. The van der Waals surface area contributed by atoms with Crippen LogP contribution in [0.3, 0.4) is 0 Å². The minimum atomic E-state index is -4.54. The Labute approximate surface area is 237 Å². The Morgan fingerprint density at radius 2 is 2.05 bits per heavy atom. The number of aromatic nitrogens is 3. The highest BCUT2D eigenvalue weighted by Crippen LogP contribution is 2.38. The highest BCUT2D eigenvalue weighted by molar-refractivity contribution is 5.87. The molecule has 2 aromatic heterocycles. The average molecular weight is 571 g/mol. The van der Waals surface area contributed by atoms with E-state index in [4.69, 9.17) is 21.3 Å². The quantitative estimate of drug-likeness (QED) is 0.371. The van der Waals surface area contributed by atoms with Crippen molar-refractivity contribution in [2.24, 2.45) is 0 Å². The largest absolute Gasteiger partial charge is 0.462 e. The van der Waals surface area contributed by atoms with Gasteiger partial charge in [-0.1, -0.05) is 6.58 Å². The van der Waals surface area contributed by atoms with Crippen molar-refractivity contribution in [3.63, 3.8) is 0 Å². The SMILES string of the molecule is [C-]#[N+]C[C@H]1CN(c2nc(OC[C@@H]3CCCN3C)nc3c2CCN(c2ccncc2C(F)(F)F)C3)CCN1C(=O)C=C. The van der Waals surface area contributed by atoms with Crippen LogP contribution in [0.15, 0.2) is 31.1 Å². The first-order valence-corrected chi connectivity index (χ1v) is 13.7. The molecule has 10 nitrogen and oxygen atoms in total. The number of carbonyl (C=O) groups is 1. The van der Waals surface area contributed by atoms with Crippen LogP contribution >= 0.6 is 0 Å². The van der Waals surface area contributed by atoms with Crippen LogP contribution in [-0.4, -0.2) is 95.7 Å². The molecule has 3 aliphatic heterocycles. The number of hydrogen-bond donors (Lipinski definition) is 0. The number of piperazine rings is 1. The van der Waals surface area contributed by atoms with Crippen LogP contribution in [0.4, 0.5) is 24.7 Å². The Hall–Kier alpha value is -3.92. The Morgan fingerprint density at radius 3 is 2.76 bits per heavy atom. The maximum Gasteiger partial charge on any atom is 0.419 e. The van der Waals surface area contributed by atoms with E-state index in [1.165, 1.54) is 18.3 Å². The van der Waals surface area contributed by atoms with Gasteiger partial charge in [-0.15, -0.1) is 0 Å². The third-order valence-electron chi connectivity index (χ3n) is 8.09. The topological polar surface area (TPSA) is 82.3 Å². The number of pyridine rings is 1. The fourth-order valence-electron chi connectivity index (χ4n) is 5.88. The number of hydrogen-bond acceptors (Lipinski definition) is 8. The summed E-state index contributed by atoms with van der Waals surface area (Å²) in [7, 11) is 2.05. The lowest BCUT2D eigenvalue weighted by Crippen LogP contribution is -2.56. The third-order valence-corrected chi connectivity index (χ3v) is 8.09. The lowest BCUT2D eigenvalue weighted by Gasteiger charge is -2.41. The molecule has 1 amide bonds. The Morgan fingerprint density at radius 1 is 1.22 bits per heavy atom. The van der Waals surface area contributed by atoms with Crippen LogP contribution in [0.2, 0.25) is 0 Å². The van der Waals surface area contributed by atoms with Gasteiger partial charge < -0.3 is 29.2 Å². The minimum absolute atomic E-state index is 0.0574. The molecule has 41 heavy (non-hydrogen) atoms. The van der Waals surface area contributed by atoms with Gasteiger partial charge >= 0.3 is 12.2 Å². The van der Waals surface area contributed by atoms with Crippen LogP contribution in [0.25, 0.3) is 4.85 Å². The Bertz CT molecular complexity index is 1330. The average Bonchev–Trinajstić information content (AvgIpc) is 3.39. The second kappa shape index (κ2) is 11.9. The smallest absolute Gasteiger partial charge is 0.419 e. The molecule has 2 atom stereocenters. The number of carbonyl (C=O) groups excluding carboxylic acids is 1. The van der Waals surface area contributed by atoms with Crippen molar-refractivity contribution >= 4 is 17.4 Å². The van der Waals surface area contributed by atoms with Gasteiger partial charge in [0.1, 0.15) is 18.5 Å². The van der Waals surface area contributed by atoms with Crippen LogP contribution in [0.5, 0.6) is 6.01 Å². The number of rotatable bonds is 7. The van der Waals surface area contributed by atoms with Gasteiger partial charge in [-0.05, 0) is 45.0 Å². The van der Waals surface area contributed by atoms with E-state index in [9.17, 15) is 18.0 Å². The molecule has 13 heteroatoms.